The summed E-state index contributed by atoms with van der Waals surface area (Å²) in [6.07, 6.45) is 0. The predicted octanol–water partition coefficient (Wildman–Crippen LogP) is -1.62. The van der Waals surface area contributed by atoms with E-state index in [9.17, 15) is 4.79 Å². The number of carbonyl (C=O) groups excluding carboxylic acids is 1. The van der Waals surface area contributed by atoms with Gasteiger partial charge in [0.25, 0.3) is 0 Å². The van der Waals surface area contributed by atoms with Crippen LogP contribution in [0.2, 0.25) is 0 Å². The molecule has 0 fully saturated rings. The van der Waals surface area contributed by atoms with E-state index in [4.69, 9.17) is 11.7 Å². The highest BCUT2D eigenvalue weighted by Crippen LogP contribution is 1.60. The van der Waals surface area contributed by atoms with Crippen LogP contribution in [0.25, 0.3) is 0 Å². The number of hydrogen-bond donors (Lipinski definition) is 3. The second-order valence-electron chi connectivity index (χ2n) is 0.962. The Morgan fingerprint density at radius 2 is 2.14 bits per heavy atom. The van der Waals surface area contributed by atoms with Gasteiger partial charge in [-0.1, -0.05) is 0 Å². The molecule has 0 aliphatic carbocycles. The van der Waals surface area contributed by atoms with Crippen LogP contribution in [0.15, 0.2) is 0 Å². The molecule has 0 aromatic heterocycles. The average Bonchev–Trinajstić information content (AvgIpc) is 1.65. The Morgan fingerprint density at radius 3 is 2.14 bits per heavy atom. The van der Waals surface area contributed by atoms with E-state index < -0.39 is 6.03 Å². The lowest BCUT2D eigenvalue weighted by atomic mass is 11.0. The number of carbonyl (C=O) groups is 1. The van der Waals surface area contributed by atoms with Gasteiger partial charge in [0.05, 0.1) is 0 Å². The van der Waals surface area contributed by atoms with Crippen molar-refractivity contribution in [2.75, 3.05) is 7.05 Å². The molecule has 0 saturated heterocycles. The number of nitrogens with one attached hydrogen (secondary N) is 1. The number of hydrogen-bond acceptors (Lipinski definition) is 3. The summed E-state index contributed by atoms with van der Waals surface area (Å²) in [6.45, 7) is 0. The van der Waals surface area contributed by atoms with Crippen LogP contribution in [0.5, 0.6) is 0 Å². The van der Waals surface area contributed by atoms with Crippen molar-refractivity contribution in [3.8, 4) is 0 Å². The van der Waals surface area contributed by atoms with Gasteiger partial charge in [0.2, 0.25) is 0 Å². The van der Waals surface area contributed by atoms with Crippen LogP contribution in [0, 0.1) is 0 Å². The smallest absolute Gasteiger partial charge is 0.339 e. The van der Waals surface area contributed by atoms with Crippen LogP contribution in [0.3, 0.4) is 0 Å². The van der Waals surface area contributed by atoms with Gasteiger partial charge in [0, 0.05) is 7.05 Å². The average molecular weight is 104 g/mol. The van der Waals surface area contributed by atoms with Crippen molar-refractivity contribution in [2.24, 2.45) is 11.7 Å². The second kappa shape index (κ2) is 2.38. The van der Waals surface area contributed by atoms with Crippen LogP contribution in [-0.4, -0.2) is 18.2 Å². The van der Waals surface area contributed by atoms with Gasteiger partial charge >= 0.3 is 6.03 Å². The van der Waals surface area contributed by atoms with Crippen molar-refractivity contribution in [3.63, 3.8) is 0 Å². The minimum Gasteiger partial charge on any atom is -0.339 e. The fourth-order valence-electron chi connectivity index (χ4n) is 0.129. The van der Waals surface area contributed by atoms with E-state index in [1.54, 1.807) is 0 Å². The third kappa shape index (κ3) is 1.96. The van der Waals surface area contributed by atoms with Crippen LogP contribution in [0.1, 0.15) is 0 Å². The fraction of sp³-hybridized carbons (Fsp3) is 0.500. The Bertz CT molecular complexity index is 70.1. The molecule has 0 radical (unpaired) electrons. The maximum absolute atomic E-state index is 10.1. The minimum absolute atomic E-state index is 0.472. The van der Waals surface area contributed by atoms with Crippen molar-refractivity contribution >= 4 is 6.03 Å². The summed E-state index contributed by atoms with van der Waals surface area (Å²) in [4.78, 5) is 10.1. The SMILES string of the molecule is CNC(=O)N(N)N. The molecule has 0 spiro atoms. The molecule has 0 rings (SSSR count). The molecule has 0 aromatic rings. The largest absolute Gasteiger partial charge is 0.346 e. The minimum atomic E-state index is -0.514. The molecule has 5 heteroatoms. The summed E-state index contributed by atoms with van der Waals surface area (Å²) in [7, 11) is 1.44. The lowest BCUT2D eigenvalue weighted by Crippen LogP contribution is -2.47. The first-order chi connectivity index (χ1) is 3.18. The Kier molecular flexibility index (Phi) is 2.10. The number of hydrazine groups is 2. The van der Waals surface area contributed by atoms with Crippen molar-refractivity contribution in [2.45, 2.75) is 0 Å². The lowest BCUT2D eigenvalue weighted by Gasteiger charge is -2.05. The van der Waals surface area contributed by atoms with E-state index in [2.05, 4.69) is 5.32 Å². The molecule has 0 atom stereocenters. The summed E-state index contributed by atoms with van der Waals surface area (Å²) in [5.74, 6) is 9.49. The Morgan fingerprint density at radius 1 is 1.71 bits per heavy atom. The van der Waals surface area contributed by atoms with Gasteiger partial charge in [-0.2, -0.15) is 5.12 Å². The summed E-state index contributed by atoms with van der Waals surface area (Å²) in [5.41, 5.74) is 0. The highest BCUT2D eigenvalue weighted by Gasteiger charge is 1.95. The van der Waals surface area contributed by atoms with Crippen molar-refractivity contribution in [1.29, 1.82) is 0 Å². The monoisotopic (exact) mass is 104 g/mol. The van der Waals surface area contributed by atoms with Crippen molar-refractivity contribution in [1.82, 2.24) is 10.4 Å². The van der Waals surface area contributed by atoms with Crippen LogP contribution in [0.4, 0.5) is 4.79 Å². The van der Waals surface area contributed by atoms with E-state index >= 15 is 0 Å². The van der Waals surface area contributed by atoms with Gasteiger partial charge in [-0.3, -0.25) is 0 Å². The van der Waals surface area contributed by atoms with Crippen molar-refractivity contribution < 1.29 is 4.79 Å². The highest BCUT2D eigenvalue weighted by molar-refractivity contribution is 5.72. The molecule has 0 saturated carbocycles. The maximum Gasteiger partial charge on any atom is 0.346 e. The van der Waals surface area contributed by atoms with Crippen molar-refractivity contribution in [3.05, 3.63) is 0 Å². The molecular formula is C2H8N4O. The van der Waals surface area contributed by atoms with Crippen LogP contribution < -0.4 is 17.0 Å². The summed E-state index contributed by atoms with van der Waals surface area (Å²) in [5, 5.41) is 2.67. The number of rotatable bonds is 0. The third-order valence-electron chi connectivity index (χ3n) is 0.448. The molecule has 0 aliphatic heterocycles. The summed E-state index contributed by atoms with van der Waals surface area (Å²) in [6, 6.07) is -0.514. The number of urea groups is 1. The molecule has 7 heavy (non-hydrogen) atoms. The standard InChI is InChI=1S/C2H8N4O/c1-5-2(7)6(3)4/h3-4H2,1H3,(H,5,7). The molecular weight excluding hydrogens is 96.0 g/mol. The maximum atomic E-state index is 10.1. The van der Waals surface area contributed by atoms with E-state index in [-0.39, 0.29) is 0 Å². The molecule has 5 N–H and O–H groups in total. The summed E-state index contributed by atoms with van der Waals surface area (Å²) < 4.78 is 0. The molecule has 42 valence electrons. The lowest BCUT2D eigenvalue weighted by molar-refractivity contribution is 0.202. The van der Waals surface area contributed by atoms with Crippen LogP contribution >= 0.6 is 0 Å². The van der Waals surface area contributed by atoms with Gasteiger partial charge < -0.3 is 5.32 Å². The van der Waals surface area contributed by atoms with E-state index in [0.717, 1.165) is 0 Å². The first-order valence-corrected chi connectivity index (χ1v) is 1.69. The quantitative estimate of drug-likeness (QED) is 0.196. The Labute approximate surface area is 41.2 Å². The third-order valence-corrected chi connectivity index (χ3v) is 0.448. The topological polar surface area (TPSA) is 84.4 Å². The predicted molar refractivity (Wildman–Crippen MR) is 24.7 cm³/mol. The Balaban J connectivity index is 3.35. The zero-order valence-corrected chi connectivity index (χ0v) is 4.01. The van der Waals surface area contributed by atoms with Gasteiger partial charge in [0.15, 0.2) is 0 Å². The van der Waals surface area contributed by atoms with E-state index in [1.165, 1.54) is 7.05 Å². The molecule has 0 unspecified atom stereocenters. The Hall–Kier alpha value is -0.810. The number of nitrogens with zero attached hydrogens (tertiary/aromatic N) is 1. The molecule has 5 nitrogen and oxygen atoms in total. The van der Waals surface area contributed by atoms with Gasteiger partial charge in [-0.25, -0.2) is 16.5 Å². The van der Waals surface area contributed by atoms with Crippen LogP contribution in [-0.2, 0) is 0 Å². The normalized spacial score (nSPS) is 7.86. The summed E-state index contributed by atoms with van der Waals surface area (Å²) >= 11 is 0. The first-order valence-electron chi connectivity index (χ1n) is 1.69. The molecule has 0 aliphatic rings. The molecule has 0 bridgehead atoms. The number of nitrogens with two attached hydrogens (primary N) is 2. The molecule has 2 amide bonds. The second-order valence-corrected chi connectivity index (χ2v) is 0.962. The zero-order valence-electron chi connectivity index (χ0n) is 4.01. The first kappa shape index (κ1) is 6.19. The fourth-order valence-corrected chi connectivity index (χ4v) is 0.129. The van der Waals surface area contributed by atoms with E-state index in [0.29, 0.717) is 5.12 Å². The van der Waals surface area contributed by atoms with Gasteiger partial charge in [-0.15, -0.1) is 0 Å². The molecule has 0 heterocycles. The number of amides is 2. The zero-order chi connectivity index (χ0) is 5.86. The van der Waals surface area contributed by atoms with Gasteiger partial charge in [0.1, 0.15) is 0 Å². The van der Waals surface area contributed by atoms with E-state index in [1.807, 2.05) is 0 Å². The van der Waals surface area contributed by atoms with Gasteiger partial charge in [-0.05, 0) is 0 Å². The highest BCUT2D eigenvalue weighted by atomic mass is 16.2. The molecule has 0 aromatic carbocycles.